The molecular formula is C23H24N4O2. The third kappa shape index (κ3) is 4.06. The number of hydrogen-bond acceptors (Lipinski definition) is 5. The van der Waals surface area contributed by atoms with Crippen LogP contribution in [0.2, 0.25) is 0 Å². The van der Waals surface area contributed by atoms with Gasteiger partial charge >= 0.3 is 0 Å². The van der Waals surface area contributed by atoms with Crippen molar-refractivity contribution in [2.45, 2.75) is 26.3 Å². The van der Waals surface area contributed by atoms with Crippen molar-refractivity contribution in [2.24, 2.45) is 0 Å². The summed E-state index contributed by atoms with van der Waals surface area (Å²) in [5.41, 5.74) is 5.80. The van der Waals surface area contributed by atoms with Gasteiger partial charge in [0.25, 0.3) is 0 Å². The Kier molecular flexibility index (Phi) is 5.16. The first-order valence-electron chi connectivity index (χ1n) is 9.58. The van der Waals surface area contributed by atoms with Crippen molar-refractivity contribution in [1.29, 1.82) is 0 Å². The van der Waals surface area contributed by atoms with Crippen LogP contribution in [-0.4, -0.2) is 34.0 Å². The van der Waals surface area contributed by atoms with Crippen molar-refractivity contribution >= 4 is 11.0 Å². The molecule has 0 N–H and O–H groups in total. The molecule has 2 aromatic heterocycles. The second kappa shape index (κ2) is 7.91. The molecule has 0 saturated carbocycles. The predicted octanol–water partition coefficient (Wildman–Crippen LogP) is 4.68. The van der Waals surface area contributed by atoms with Crippen molar-refractivity contribution in [3.63, 3.8) is 0 Å². The molecule has 6 nitrogen and oxygen atoms in total. The lowest BCUT2D eigenvalue weighted by atomic mass is 10.0. The standard InChI is InChI=1S/C23H24N4O2/c1-15(2)27-14-18(12-25-27)23-13-24-21-6-5-16(10-22(21)26-23)7-17-8-19(28-3)11-20(9-17)29-4/h5-6,8-15H,7H2,1-4H3. The predicted molar refractivity (Wildman–Crippen MR) is 113 cm³/mol. The van der Waals surface area contributed by atoms with E-state index in [0.717, 1.165) is 51.3 Å². The van der Waals surface area contributed by atoms with Gasteiger partial charge in [0.05, 0.1) is 43.3 Å². The van der Waals surface area contributed by atoms with Crippen LogP contribution in [0.1, 0.15) is 31.0 Å². The van der Waals surface area contributed by atoms with E-state index in [2.05, 4.69) is 36.1 Å². The summed E-state index contributed by atoms with van der Waals surface area (Å²) in [6, 6.07) is 12.4. The van der Waals surface area contributed by atoms with E-state index in [-0.39, 0.29) is 0 Å². The molecule has 0 saturated heterocycles. The Bertz CT molecular complexity index is 1130. The van der Waals surface area contributed by atoms with Crippen molar-refractivity contribution in [1.82, 2.24) is 19.7 Å². The third-order valence-electron chi connectivity index (χ3n) is 4.85. The topological polar surface area (TPSA) is 62.1 Å². The van der Waals surface area contributed by atoms with Gasteiger partial charge in [-0.1, -0.05) is 6.07 Å². The molecule has 29 heavy (non-hydrogen) atoms. The second-order valence-electron chi connectivity index (χ2n) is 7.28. The quantitative estimate of drug-likeness (QED) is 0.480. The Balaban J connectivity index is 1.66. The van der Waals surface area contributed by atoms with Gasteiger partial charge in [0.2, 0.25) is 0 Å². The molecular weight excluding hydrogens is 364 g/mol. The fraction of sp³-hybridized carbons (Fsp3) is 0.261. The van der Waals surface area contributed by atoms with Crippen LogP contribution in [0.4, 0.5) is 0 Å². The Morgan fingerprint density at radius 3 is 2.31 bits per heavy atom. The van der Waals surface area contributed by atoms with Crippen LogP contribution in [0.15, 0.2) is 55.0 Å². The monoisotopic (exact) mass is 388 g/mol. The lowest BCUT2D eigenvalue weighted by molar-refractivity contribution is 0.393. The van der Waals surface area contributed by atoms with Gasteiger partial charge in [-0.15, -0.1) is 0 Å². The number of nitrogens with zero attached hydrogens (tertiary/aromatic N) is 4. The summed E-state index contributed by atoms with van der Waals surface area (Å²) in [6.07, 6.45) is 6.40. The van der Waals surface area contributed by atoms with E-state index in [9.17, 15) is 0 Å². The van der Waals surface area contributed by atoms with Crippen LogP contribution in [-0.2, 0) is 6.42 Å². The van der Waals surface area contributed by atoms with Crippen molar-refractivity contribution < 1.29 is 9.47 Å². The van der Waals surface area contributed by atoms with Gasteiger partial charge in [-0.25, -0.2) is 4.98 Å². The number of fused-ring (bicyclic) bond motifs is 1. The first-order valence-corrected chi connectivity index (χ1v) is 9.58. The van der Waals surface area contributed by atoms with Crippen molar-refractivity contribution in [3.8, 4) is 22.8 Å². The minimum Gasteiger partial charge on any atom is -0.497 e. The van der Waals surface area contributed by atoms with Gasteiger partial charge in [0.15, 0.2) is 0 Å². The van der Waals surface area contributed by atoms with Crippen molar-refractivity contribution in [3.05, 3.63) is 66.1 Å². The van der Waals surface area contributed by atoms with Gasteiger partial charge in [0, 0.05) is 23.9 Å². The van der Waals surface area contributed by atoms with E-state index in [1.54, 1.807) is 20.4 Å². The maximum Gasteiger partial charge on any atom is 0.122 e. The molecule has 0 amide bonds. The van der Waals surface area contributed by atoms with E-state index in [0.29, 0.717) is 6.04 Å². The molecule has 0 spiro atoms. The summed E-state index contributed by atoms with van der Waals surface area (Å²) in [6.45, 7) is 4.20. The lowest BCUT2D eigenvalue weighted by Crippen LogP contribution is -1.99. The third-order valence-corrected chi connectivity index (χ3v) is 4.85. The average Bonchev–Trinajstić information content (AvgIpc) is 3.23. The van der Waals surface area contributed by atoms with Crippen LogP contribution in [0.25, 0.3) is 22.3 Å². The highest BCUT2D eigenvalue weighted by Gasteiger charge is 2.09. The molecule has 0 radical (unpaired) electrons. The molecule has 2 aromatic carbocycles. The summed E-state index contributed by atoms with van der Waals surface area (Å²) in [4.78, 5) is 9.40. The number of benzene rings is 2. The summed E-state index contributed by atoms with van der Waals surface area (Å²) in [5.74, 6) is 1.56. The Morgan fingerprint density at radius 2 is 1.66 bits per heavy atom. The summed E-state index contributed by atoms with van der Waals surface area (Å²) >= 11 is 0. The van der Waals surface area contributed by atoms with Gasteiger partial charge < -0.3 is 9.47 Å². The first kappa shape index (κ1) is 18.9. The number of hydrogen-bond donors (Lipinski definition) is 0. The summed E-state index contributed by atoms with van der Waals surface area (Å²) in [7, 11) is 3.32. The van der Waals surface area contributed by atoms with E-state index in [1.165, 1.54) is 0 Å². The average molecular weight is 388 g/mol. The molecule has 0 fully saturated rings. The maximum absolute atomic E-state index is 5.38. The molecule has 0 aliphatic carbocycles. The highest BCUT2D eigenvalue weighted by molar-refractivity contribution is 5.77. The van der Waals surface area contributed by atoms with Gasteiger partial charge in [-0.05, 0) is 55.7 Å². The smallest absolute Gasteiger partial charge is 0.122 e. The zero-order valence-corrected chi connectivity index (χ0v) is 17.1. The van der Waals surface area contributed by atoms with Crippen molar-refractivity contribution in [2.75, 3.05) is 14.2 Å². The van der Waals surface area contributed by atoms with Gasteiger partial charge in [-0.2, -0.15) is 5.10 Å². The largest absolute Gasteiger partial charge is 0.497 e. The van der Waals surface area contributed by atoms with Gasteiger partial charge in [-0.3, -0.25) is 9.67 Å². The molecule has 4 aromatic rings. The van der Waals surface area contributed by atoms with Crippen LogP contribution in [0.5, 0.6) is 11.5 Å². The highest BCUT2D eigenvalue weighted by Crippen LogP contribution is 2.26. The van der Waals surface area contributed by atoms with Gasteiger partial charge in [0.1, 0.15) is 11.5 Å². The second-order valence-corrected chi connectivity index (χ2v) is 7.28. The number of methoxy groups -OCH3 is 2. The SMILES string of the molecule is COc1cc(Cc2ccc3ncc(-c4cnn(C(C)C)c4)nc3c2)cc(OC)c1. The molecule has 6 heteroatoms. The Morgan fingerprint density at radius 1 is 0.897 bits per heavy atom. The fourth-order valence-electron chi connectivity index (χ4n) is 3.26. The zero-order chi connectivity index (χ0) is 20.4. The van der Waals surface area contributed by atoms with Crippen LogP contribution in [0, 0.1) is 0 Å². The molecule has 2 heterocycles. The molecule has 0 aliphatic rings. The van der Waals surface area contributed by atoms with E-state index >= 15 is 0 Å². The number of aromatic nitrogens is 4. The molecule has 0 bridgehead atoms. The molecule has 148 valence electrons. The van der Waals surface area contributed by atoms with E-state index in [1.807, 2.05) is 41.3 Å². The number of ether oxygens (including phenoxy) is 2. The van der Waals surface area contributed by atoms with Crippen LogP contribution < -0.4 is 9.47 Å². The molecule has 4 rings (SSSR count). The first-order chi connectivity index (χ1) is 14.1. The minimum absolute atomic E-state index is 0.309. The zero-order valence-electron chi connectivity index (χ0n) is 17.1. The van der Waals surface area contributed by atoms with Crippen LogP contribution in [0.3, 0.4) is 0 Å². The minimum atomic E-state index is 0.309. The lowest BCUT2D eigenvalue weighted by Gasteiger charge is -2.09. The van der Waals surface area contributed by atoms with Crippen LogP contribution >= 0.6 is 0 Å². The summed E-state index contributed by atoms with van der Waals surface area (Å²) < 4.78 is 12.7. The Hall–Kier alpha value is -3.41. The normalized spacial score (nSPS) is 11.2. The maximum atomic E-state index is 5.38. The van der Waals surface area contributed by atoms with E-state index in [4.69, 9.17) is 14.5 Å². The molecule has 0 atom stereocenters. The highest BCUT2D eigenvalue weighted by atomic mass is 16.5. The fourth-order valence-corrected chi connectivity index (χ4v) is 3.26. The summed E-state index contributed by atoms with van der Waals surface area (Å²) in [5, 5.41) is 4.40. The molecule has 0 unspecified atom stereocenters. The van der Waals surface area contributed by atoms with E-state index < -0.39 is 0 Å². The number of rotatable bonds is 6. The molecule has 0 aliphatic heterocycles. The Labute approximate surface area is 170 Å².